The van der Waals surface area contributed by atoms with Gasteiger partial charge in [-0.1, -0.05) is 18.2 Å². The van der Waals surface area contributed by atoms with Crippen molar-refractivity contribution in [1.29, 1.82) is 0 Å². The number of nitrogens with one attached hydrogen (secondary N) is 1. The number of fused-ring (bicyclic) bond motifs is 1. The Morgan fingerprint density at radius 3 is 2.56 bits per heavy atom. The van der Waals surface area contributed by atoms with Crippen molar-refractivity contribution in [3.63, 3.8) is 0 Å². The topological polar surface area (TPSA) is 54.0 Å². The first kappa shape index (κ1) is 17.7. The number of piperazine rings is 1. The first-order chi connectivity index (χ1) is 13.2. The quantitative estimate of drug-likeness (QED) is 0.899. The second-order valence-electron chi connectivity index (χ2n) is 7.01. The zero-order valence-corrected chi connectivity index (χ0v) is 15.6. The van der Waals surface area contributed by atoms with Crippen LogP contribution < -0.4 is 19.7 Å². The number of para-hydroxylation sites is 2. The molecule has 2 heterocycles. The van der Waals surface area contributed by atoms with E-state index in [9.17, 15) is 4.79 Å². The third-order valence-corrected chi connectivity index (χ3v) is 4.99. The molecule has 1 amide bonds. The lowest BCUT2D eigenvalue weighted by molar-refractivity contribution is -0.115. The summed E-state index contributed by atoms with van der Waals surface area (Å²) in [5, 5.41) is 3.08. The third kappa shape index (κ3) is 4.17. The van der Waals surface area contributed by atoms with Crippen LogP contribution in [0, 0.1) is 0 Å². The van der Waals surface area contributed by atoms with E-state index >= 15 is 0 Å². The van der Waals surface area contributed by atoms with Gasteiger partial charge in [0, 0.05) is 26.2 Å². The molecule has 1 saturated heterocycles. The van der Waals surface area contributed by atoms with Crippen LogP contribution in [0.3, 0.4) is 0 Å². The number of rotatable bonds is 4. The summed E-state index contributed by atoms with van der Waals surface area (Å²) >= 11 is 0. The molecule has 142 valence electrons. The Balaban J connectivity index is 1.44. The number of likely N-dealkylation sites (N-methyl/N-ethyl adjacent to an activating group) is 1. The predicted octanol–water partition coefficient (Wildman–Crippen LogP) is 2.39. The third-order valence-electron chi connectivity index (χ3n) is 4.99. The summed E-state index contributed by atoms with van der Waals surface area (Å²) in [5.41, 5.74) is 2.86. The lowest BCUT2D eigenvalue weighted by Gasteiger charge is -2.35. The molecule has 0 bridgehead atoms. The summed E-state index contributed by atoms with van der Waals surface area (Å²) in [4.78, 5) is 17.3. The maximum atomic E-state index is 12.6. The molecular formula is C21H25N3O3. The smallest absolute Gasteiger partial charge is 0.228 e. The van der Waals surface area contributed by atoms with Crippen molar-refractivity contribution in [3.05, 3.63) is 48.0 Å². The molecule has 4 rings (SSSR count). The molecule has 0 atom stereocenters. The number of carbonyl (C=O) groups excluding carboxylic acids is 1. The van der Waals surface area contributed by atoms with Crippen molar-refractivity contribution < 1.29 is 14.3 Å². The van der Waals surface area contributed by atoms with Gasteiger partial charge in [0.25, 0.3) is 0 Å². The van der Waals surface area contributed by atoms with Gasteiger partial charge < -0.3 is 24.6 Å². The second kappa shape index (κ2) is 7.88. The number of nitrogens with zero attached hydrogens (tertiary/aromatic N) is 2. The molecule has 1 fully saturated rings. The van der Waals surface area contributed by atoms with E-state index in [1.807, 2.05) is 36.4 Å². The van der Waals surface area contributed by atoms with Crippen LogP contribution >= 0.6 is 0 Å². The average molecular weight is 367 g/mol. The van der Waals surface area contributed by atoms with E-state index < -0.39 is 0 Å². The molecule has 1 N–H and O–H groups in total. The van der Waals surface area contributed by atoms with E-state index in [-0.39, 0.29) is 5.91 Å². The van der Waals surface area contributed by atoms with E-state index in [0.29, 0.717) is 25.4 Å². The number of ether oxygens (including phenoxy) is 2. The minimum absolute atomic E-state index is 0.0340. The van der Waals surface area contributed by atoms with E-state index in [4.69, 9.17) is 9.47 Å². The van der Waals surface area contributed by atoms with Gasteiger partial charge >= 0.3 is 0 Å². The Bertz CT molecular complexity index is 816. The van der Waals surface area contributed by atoms with Gasteiger partial charge in [-0.15, -0.1) is 0 Å². The fraction of sp³-hybridized carbons (Fsp3) is 0.381. The Morgan fingerprint density at radius 1 is 1.00 bits per heavy atom. The molecule has 27 heavy (non-hydrogen) atoms. The summed E-state index contributed by atoms with van der Waals surface area (Å²) in [6, 6.07) is 13.7. The molecule has 2 aliphatic rings. The Labute approximate surface area is 159 Å². The fourth-order valence-corrected chi connectivity index (χ4v) is 3.48. The molecule has 6 nitrogen and oxygen atoms in total. The van der Waals surface area contributed by atoms with Gasteiger partial charge in [0.2, 0.25) is 5.91 Å². The van der Waals surface area contributed by atoms with Gasteiger partial charge in [0.15, 0.2) is 11.5 Å². The minimum atomic E-state index is -0.0340. The van der Waals surface area contributed by atoms with E-state index in [0.717, 1.165) is 48.9 Å². The fourth-order valence-electron chi connectivity index (χ4n) is 3.48. The molecule has 0 aromatic heterocycles. The second-order valence-corrected chi connectivity index (χ2v) is 7.01. The number of hydrogen-bond acceptors (Lipinski definition) is 5. The summed E-state index contributed by atoms with van der Waals surface area (Å²) < 4.78 is 11.1. The molecule has 6 heteroatoms. The van der Waals surface area contributed by atoms with Gasteiger partial charge in [0.1, 0.15) is 13.2 Å². The van der Waals surface area contributed by atoms with Crippen LogP contribution in [0.5, 0.6) is 11.5 Å². The van der Waals surface area contributed by atoms with E-state index in [1.165, 1.54) is 0 Å². The molecule has 0 spiro atoms. The molecule has 0 saturated carbocycles. The molecule has 0 aliphatic carbocycles. The van der Waals surface area contributed by atoms with Crippen LogP contribution in [0.15, 0.2) is 42.5 Å². The summed E-state index contributed by atoms with van der Waals surface area (Å²) in [6.07, 6.45) is 0.299. The average Bonchev–Trinajstić information content (AvgIpc) is 2.69. The number of carbonyl (C=O) groups is 1. The summed E-state index contributed by atoms with van der Waals surface area (Å²) in [5.74, 6) is 1.42. The maximum absolute atomic E-state index is 12.6. The van der Waals surface area contributed by atoms with Gasteiger partial charge in [0.05, 0.1) is 17.8 Å². The van der Waals surface area contributed by atoms with Crippen molar-refractivity contribution in [1.82, 2.24) is 4.90 Å². The van der Waals surface area contributed by atoms with Gasteiger partial charge in [-0.25, -0.2) is 0 Å². The highest BCUT2D eigenvalue weighted by molar-refractivity contribution is 5.95. The Kier molecular flexibility index (Phi) is 5.16. The van der Waals surface area contributed by atoms with Crippen molar-refractivity contribution in [2.45, 2.75) is 6.42 Å². The van der Waals surface area contributed by atoms with Crippen LogP contribution in [0.2, 0.25) is 0 Å². The van der Waals surface area contributed by atoms with Crippen LogP contribution in [-0.2, 0) is 11.2 Å². The lowest BCUT2D eigenvalue weighted by Crippen LogP contribution is -2.44. The largest absolute Gasteiger partial charge is 0.486 e. The van der Waals surface area contributed by atoms with Crippen LogP contribution in [0.1, 0.15) is 5.56 Å². The standard InChI is InChI=1S/C21H25N3O3/c1-23-8-10-24(11-9-23)18-5-3-2-4-17(18)22-21(25)15-16-6-7-19-20(14-16)27-13-12-26-19/h2-7,14H,8-13,15H2,1H3,(H,22,25). The van der Waals surface area contributed by atoms with Crippen molar-refractivity contribution in [2.24, 2.45) is 0 Å². The number of amides is 1. The minimum Gasteiger partial charge on any atom is -0.486 e. The molecule has 2 aliphatic heterocycles. The highest BCUT2D eigenvalue weighted by Crippen LogP contribution is 2.31. The Morgan fingerprint density at radius 2 is 1.74 bits per heavy atom. The Hall–Kier alpha value is -2.73. The zero-order chi connectivity index (χ0) is 18.6. The highest BCUT2D eigenvalue weighted by Gasteiger charge is 2.18. The van der Waals surface area contributed by atoms with Crippen LogP contribution in [0.25, 0.3) is 0 Å². The van der Waals surface area contributed by atoms with Gasteiger partial charge in [-0.05, 0) is 36.9 Å². The maximum Gasteiger partial charge on any atom is 0.228 e. The molecule has 0 unspecified atom stereocenters. The van der Waals surface area contributed by atoms with E-state index in [1.54, 1.807) is 0 Å². The van der Waals surface area contributed by atoms with Crippen LogP contribution in [-0.4, -0.2) is 57.2 Å². The lowest BCUT2D eigenvalue weighted by atomic mass is 10.1. The van der Waals surface area contributed by atoms with Crippen molar-refractivity contribution in [2.75, 3.05) is 56.7 Å². The SMILES string of the molecule is CN1CCN(c2ccccc2NC(=O)Cc2ccc3c(c2)OCCO3)CC1. The van der Waals surface area contributed by atoms with E-state index in [2.05, 4.69) is 28.2 Å². The number of anilines is 2. The molecule has 0 radical (unpaired) electrons. The monoisotopic (exact) mass is 367 g/mol. The molecule has 2 aromatic carbocycles. The number of hydrogen-bond donors (Lipinski definition) is 1. The molecule has 2 aromatic rings. The van der Waals surface area contributed by atoms with Gasteiger partial charge in [-0.3, -0.25) is 4.79 Å². The first-order valence-electron chi connectivity index (χ1n) is 9.40. The first-order valence-corrected chi connectivity index (χ1v) is 9.40. The number of benzene rings is 2. The normalized spacial score (nSPS) is 16.9. The van der Waals surface area contributed by atoms with Gasteiger partial charge in [-0.2, -0.15) is 0 Å². The predicted molar refractivity (Wildman–Crippen MR) is 106 cm³/mol. The molecular weight excluding hydrogens is 342 g/mol. The zero-order valence-electron chi connectivity index (χ0n) is 15.6. The summed E-state index contributed by atoms with van der Waals surface area (Å²) in [7, 11) is 2.14. The van der Waals surface area contributed by atoms with Crippen molar-refractivity contribution in [3.8, 4) is 11.5 Å². The van der Waals surface area contributed by atoms with Crippen LogP contribution in [0.4, 0.5) is 11.4 Å². The van der Waals surface area contributed by atoms with Crippen molar-refractivity contribution >= 4 is 17.3 Å². The summed E-state index contributed by atoms with van der Waals surface area (Å²) in [6.45, 7) is 5.09. The highest BCUT2D eigenvalue weighted by atomic mass is 16.6.